The highest BCUT2D eigenvalue weighted by Gasteiger charge is 2.35. The number of nitrogens with zero attached hydrogens (tertiary/aromatic N) is 2. The molecule has 7 nitrogen and oxygen atoms in total. The van der Waals surface area contributed by atoms with Crippen molar-refractivity contribution in [3.05, 3.63) is 129 Å². The fourth-order valence-corrected chi connectivity index (χ4v) is 6.60. The number of sulfonamides is 1. The van der Waals surface area contributed by atoms with E-state index in [9.17, 15) is 18.0 Å². The van der Waals surface area contributed by atoms with Gasteiger partial charge in [0.15, 0.2) is 0 Å². The first kappa shape index (κ1) is 32.4. The molecule has 1 atom stereocenters. The number of hydrogen-bond donors (Lipinski definition) is 1. The Balaban J connectivity index is 1.81. The van der Waals surface area contributed by atoms with Crippen LogP contribution in [-0.4, -0.2) is 44.8 Å². The average molecular weight is 659 g/mol. The largest absolute Gasteiger partial charge is 0.357 e. The molecule has 0 heterocycles. The van der Waals surface area contributed by atoms with Crippen molar-refractivity contribution in [3.63, 3.8) is 0 Å². The monoisotopic (exact) mass is 657 g/mol. The Morgan fingerprint density at radius 1 is 0.791 bits per heavy atom. The molecule has 0 saturated heterocycles. The number of nitrogens with one attached hydrogen (secondary N) is 1. The van der Waals surface area contributed by atoms with Gasteiger partial charge in [0.05, 0.1) is 25.7 Å². The minimum atomic E-state index is -4.26. The van der Waals surface area contributed by atoms with Crippen LogP contribution < -0.4 is 9.62 Å². The van der Waals surface area contributed by atoms with E-state index in [4.69, 9.17) is 34.8 Å². The fraction of sp³-hybridized carbons (Fsp3) is 0.188. The second kappa shape index (κ2) is 14.3. The second-order valence-electron chi connectivity index (χ2n) is 9.87. The summed E-state index contributed by atoms with van der Waals surface area (Å²) in [5, 5.41) is 3.42. The summed E-state index contributed by atoms with van der Waals surface area (Å²) in [6.45, 7) is 1.18. The van der Waals surface area contributed by atoms with Gasteiger partial charge < -0.3 is 10.2 Å². The number of carbonyl (C=O) groups excluding carboxylic acids is 2. The maximum absolute atomic E-state index is 14.3. The standard InChI is InChI=1S/C32H30Cl3N3O4S/c1-22-12-15-25(16-13-22)43(41,42)38(29-11-7-6-10-27(29)34)21-31(39)37(20-24-14-17-26(33)28(35)18-24)30(32(40)36-2)19-23-8-4-3-5-9-23/h3-18,30H,19-21H2,1-2H3,(H,36,40)/t30-/m1/s1. The van der Waals surface area contributed by atoms with Crippen LogP contribution in [0.1, 0.15) is 16.7 Å². The van der Waals surface area contributed by atoms with Gasteiger partial charge in [0.2, 0.25) is 11.8 Å². The highest BCUT2D eigenvalue weighted by Crippen LogP contribution is 2.31. The zero-order valence-corrected chi connectivity index (χ0v) is 26.6. The minimum absolute atomic E-state index is 0.00557. The molecular formula is C32H30Cl3N3O4S. The van der Waals surface area contributed by atoms with Crippen molar-refractivity contribution in [1.29, 1.82) is 0 Å². The molecule has 0 aliphatic rings. The zero-order chi connectivity index (χ0) is 31.1. The first-order valence-electron chi connectivity index (χ1n) is 13.3. The first-order chi connectivity index (χ1) is 20.5. The number of likely N-dealkylation sites (N-methyl/N-ethyl adjacent to an activating group) is 1. The lowest BCUT2D eigenvalue weighted by molar-refractivity contribution is -0.139. The number of carbonyl (C=O) groups is 2. The van der Waals surface area contributed by atoms with Crippen LogP contribution >= 0.6 is 34.8 Å². The molecule has 0 aliphatic carbocycles. The lowest BCUT2D eigenvalue weighted by atomic mass is 10.0. The zero-order valence-electron chi connectivity index (χ0n) is 23.5. The maximum atomic E-state index is 14.3. The van der Waals surface area contributed by atoms with E-state index in [0.29, 0.717) is 10.6 Å². The molecule has 43 heavy (non-hydrogen) atoms. The van der Waals surface area contributed by atoms with Crippen LogP contribution in [0.5, 0.6) is 0 Å². The molecule has 0 fully saturated rings. The molecule has 0 aliphatic heterocycles. The average Bonchev–Trinajstić information content (AvgIpc) is 3.00. The minimum Gasteiger partial charge on any atom is -0.357 e. The van der Waals surface area contributed by atoms with E-state index in [1.165, 1.54) is 30.1 Å². The molecule has 224 valence electrons. The van der Waals surface area contributed by atoms with Gasteiger partial charge in [0, 0.05) is 20.0 Å². The number of aryl methyl sites for hydroxylation is 1. The molecule has 0 saturated carbocycles. The predicted molar refractivity (Wildman–Crippen MR) is 172 cm³/mol. The van der Waals surface area contributed by atoms with Crippen LogP contribution in [0.25, 0.3) is 0 Å². The molecule has 4 aromatic rings. The van der Waals surface area contributed by atoms with Gasteiger partial charge in [-0.3, -0.25) is 13.9 Å². The van der Waals surface area contributed by atoms with Crippen LogP contribution in [0.15, 0.2) is 102 Å². The lowest BCUT2D eigenvalue weighted by Gasteiger charge is -2.33. The van der Waals surface area contributed by atoms with Crippen molar-refractivity contribution in [1.82, 2.24) is 10.2 Å². The third kappa shape index (κ3) is 7.89. The molecule has 4 aromatic carbocycles. The Morgan fingerprint density at radius 2 is 1.44 bits per heavy atom. The smallest absolute Gasteiger partial charge is 0.264 e. The van der Waals surface area contributed by atoms with Crippen molar-refractivity contribution in [2.24, 2.45) is 0 Å². The summed E-state index contributed by atoms with van der Waals surface area (Å²) in [4.78, 5) is 29.0. The summed E-state index contributed by atoms with van der Waals surface area (Å²) in [5.41, 5.74) is 2.43. The molecule has 0 spiro atoms. The Hall–Kier alpha value is -3.56. The number of anilines is 1. The topological polar surface area (TPSA) is 86.8 Å². The number of amides is 2. The highest BCUT2D eigenvalue weighted by molar-refractivity contribution is 7.92. The summed E-state index contributed by atoms with van der Waals surface area (Å²) in [6, 6.07) is 25.9. The molecular weight excluding hydrogens is 629 g/mol. The van der Waals surface area contributed by atoms with Crippen molar-refractivity contribution in [2.45, 2.75) is 30.8 Å². The summed E-state index contributed by atoms with van der Waals surface area (Å²) in [6.07, 6.45) is 0.185. The molecule has 1 N–H and O–H groups in total. The van der Waals surface area contributed by atoms with E-state index in [1.54, 1.807) is 48.5 Å². The SMILES string of the molecule is CNC(=O)[C@@H](Cc1ccccc1)N(Cc1ccc(Cl)c(Cl)c1)C(=O)CN(c1ccccc1Cl)S(=O)(=O)c1ccc(C)cc1. The van der Waals surface area contributed by atoms with Gasteiger partial charge in [-0.15, -0.1) is 0 Å². The number of hydrogen-bond acceptors (Lipinski definition) is 4. The first-order valence-corrected chi connectivity index (χ1v) is 15.9. The van der Waals surface area contributed by atoms with E-state index in [1.807, 2.05) is 37.3 Å². The van der Waals surface area contributed by atoms with E-state index in [2.05, 4.69) is 5.32 Å². The predicted octanol–water partition coefficient (Wildman–Crippen LogP) is 6.54. The van der Waals surface area contributed by atoms with Gasteiger partial charge in [-0.2, -0.15) is 0 Å². The third-order valence-electron chi connectivity index (χ3n) is 6.86. The molecule has 0 radical (unpaired) electrons. The summed E-state index contributed by atoms with van der Waals surface area (Å²) in [5.74, 6) is -1.03. The quantitative estimate of drug-likeness (QED) is 0.198. The van der Waals surface area contributed by atoms with Crippen molar-refractivity contribution in [3.8, 4) is 0 Å². The number of para-hydroxylation sites is 1. The van der Waals surface area contributed by atoms with Crippen LogP contribution in [0.4, 0.5) is 5.69 Å². The summed E-state index contributed by atoms with van der Waals surface area (Å²) < 4.78 is 29.0. The molecule has 0 bridgehead atoms. The lowest BCUT2D eigenvalue weighted by Crippen LogP contribution is -2.53. The van der Waals surface area contributed by atoms with Gasteiger partial charge >= 0.3 is 0 Å². The second-order valence-corrected chi connectivity index (χ2v) is 12.9. The van der Waals surface area contributed by atoms with Crippen molar-refractivity contribution >= 4 is 62.3 Å². The normalized spacial score (nSPS) is 11.9. The van der Waals surface area contributed by atoms with Crippen LogP contribution in [0.2, 0.25) is 15.1 Å². The van der Waals surface area contributed by atoms with Gasteiger partial charge in [-0.05, 0) is 54.4 Å². The Bertz CT molecular complexity index is 1700. The fourth-order valence-electron chi connectivity index (χ4n) is 4.56. The van der Waals surface area contributed by atoms with Gasteiger partial charge in [0.1, 0.15) is 12.6 Å². The molecule has 2 amide bonds. The number of benzene rings is 4. The summed E-state index contributed by atoms with van der Waals surface area (Å²) >= 11 is 18.9. The van der Waals surface area contributed by atoms with Gasteiger partial charge in [-0.25, -0.2) is 8.42 Å². The Kier molecular flexibility index (Phi) is 10.7. The molecule has 4 rings (SSSR count). The van der Waals surface area contributed by atoms with Gasteiger partial charge in [0.25, 0.3) is 10.0 Å². The van der Waals surface area contributed by atoms with Crippen LogP contribution in [0.3, 0.4) is 0 Å². The van der Waals surface area contributed by atoms with E-state index < -0.39 is 34.4 Å². The number of rotatable bonds is 11. The Labute approximate surface area is 267 Å². The maximum Gasteiger partial charge on any atom is 0.264 e. The third-order valence-corrected chi connectivity index (χ3v) is 9.70. The van der Waals surface area contributed by atoms with Gasteiger partial charge in [-0.1, -0.05) is 101 Å². The summed E-state index contributed by atoms with van der Waals surface area (Å²) in [7, 11) is -2.77. The van der Waals surface area contributed by atoms with Crippen molar-refractivity contribution in [2.75, 3.05) is 17.9 Å². The van der Waals surface area contributed by atoms with E-state index >= 15 is 0 Å². The van der Waals surface area contributed by atoms with Crippen molar-refractivity contribution < 1.29 is 18.0 Å². The van der Waals surface area contributed by atoms with E-state index in [-0.39, 0.29) is 33.6 Å². The molecule has 0 unspecified atom stereocenters. The van der Waals surface area contributed by atoms with E-state index in [0.717, 1.165) is 15.4 Å². The molecule has 0 aromatic heterocycles. The Morgan fingerprint density at radius 3 is 2.07 bits per heavy atom. The van der Waals surface area contributed by atoms with Crippen LogP contribution in [-0.2, 0) is 32.6 Å². The number of halogens is 3. The van der Waals surface area contributed by atoms with Crippen LogP contribution in [0, 0.1) is 6.92 Å². The highest BCUT2D eigenvalue weighted by atomic mass is 35.5. The molecule has 11 heteroatoms.